The van der Waals surface area contributed by atoms with Crippen molar-refractivity contribution in [1.29, 1.82) is 0 Å². The molecule has 1 unspecified atom stereocenters. The number of carbonyl (C=O) groups excluding carboxylic acids is 3. The highest BCUT2D eigenvalue weighted by atomic mass is 35.5. The van der Waals surface area contributed by atoms with E-state index in [9.17, 15) is 24.6 Å². The molecule has 4 aromatic carbocycles. The van der Waals surface area contributed by atoms with Crippen molar-refractivity contribution in [2.75, 3.05) is 0 Å². The van der Waals surface area contributed by atoms with Crippen LogP contribution < -0.4 is 4.74 Å². The van der Waals surface area contributed by atoms with Crippen LogP contribution in [0.15, 0.2) is 60.7 Å². The van der Waals surface area contributed by atoms with Gasteiger partial charge in [0.1, 0.15) is 34.6 Å². The molecule has 0 aliphatic carbocycles. The van der Waals surface area contributed by atoms with E-state index in [1.807, 2.05) is 30.3 Å². The molecule has 2 heterocycles. The van der Waals surface area contributed by atoms with Crippen LogP contribution in [0.1, 0.15) is 71.6 Å². The van der Waals surface area contributed by atoms with Gasteiger partial charge in [-0.25, -0.2) is 4.79 Å². The zero-order chi connectivity index (χ0) is 28.9. The maximum absolute atomic E-state index is 13.2. The van der Waals surface area contributed by atoms with E-state index in [0.717, 1.165) is 0 Å². The number of rotatable bonds is 8. The predicted molar refractivity (Wildman–Crippen MR) is 153 cm³/mol. The van der Waals surface area contributed by atoms with E-state index in [4.69, 9.17) is 21.1 Å². The van der Waals surface area contributed by atoms with Crippen molar-refractivity contribution in [1.82, 2.24) is 0 Å². The van der Waals surface area contributed by atoms with Crippen molar-refractivity contribution in [3.63, 3.8) is 0 Å². The Bertz CT molecular complexity index is 1760. The number of esters is 1. The Hall–Kier alpha value is -4.36. The molecule has 2 N–H and O–H groups in total. The van der Waals surface area contributed by atoms with Crippen LogP contribution in [-0.2, 0) is 26.3 Å². The minimum Gasteiger partial charge on any atom is -0.508 e. The largest absolute Gasteiger partial charge is 0.508 e. The smallest absolute Gasteiger partial charge is 0.340 e. The molecule has 41 heavy (non-hydrogen) atoms. The zero-order valence-electron chi connectivity index (χ0n) is 22.3. The Balaban J connectivity index is 1.42. The van der Waals surface area contributed by atoms with Gasteiger partial charge in [0.2, 0.25) is 0 Å². The zero-order valence-corrected chi connectivity index (χ0v) is 23.1. The van der Waals surface area contributed by atoms with Gasteiger partial charge >= 0.3 is 5.97 Å². The molecule has 4 aromatic rings. The molecular weight excluding hydrogens is 544 g/mol. The summed E-state index contributed by atoms with van der Waals surface area (Å²) in [6, 6.07) is 17.3. The number of Topliss-reactive ketones (excluding diaryl/α,β-unsaturated/α-hetero) is 2. The summed E-state index contributed by atoms with van der Waals surface area (Å²) in [5, 5.41) is 22.6. The molecule has 6 rings (SSSR count). The normalized spacial score (nSPS) is 16.6. The molecule has 0 bridgehead atoms. The number of unbranched alkanes of at least 4 members (excludes halogenated alkanes) is 1. The first kappa shape index (κ1) is 26.8. The first-order valence-corrected chi connectivity index (χ1v) is 13.9. The van der Waals surface area contributed by atoms with Crippen LogP contribution >= 0.6 is 11.6 Å². The minimum absolute atomic E-state index is 0.00141. The Morgan fingerprint density at radius 3 is 2.49 bits per heavy atom. The molecule has 7 nitrogen and oxygen atoms in total. The summed E-state index contributed by atoms with van der Waals surface area (Å²) in [7, 11) is 0. The molecule has 2 aliphatic heterocycles. The van der Waals surface area contributed by atoms with E-state index in [1.54, 1.807) is 24.3 Å². The number of ether oxygens (including phenoxy) is 2. The Morgan fingerprint density at radius 1 is 0.878 bits per heavy atom. The summed E-state index contributed by atoms with van der Waals surface area (Å²) in [5.41, 5.74) is 1.59. The number of phenols is 2. The van der Waals surface area contributed by atoms with Gasteiger partial charge in [0.05, 0.1) is 10.6 Å². The van der Waals surface area contributed by atoms with Gasteiger partial charge in [-0.3, -0.25) is 4.79 Å². The summed E-state index contributed by atoms with van der Waals surface area (Å²) in [6.45, 7) is 1.48. The van der Waals surface area contributed by atoms with Gasteiger partial charge in [-0.2, -0.15) is 0 Å². The highest BCUT2D eigenvalue weighted by molar-refractivity contribution is 6.33. The van der Waals surface area contributed by atoms with Gasteiger partial charge in [0, 0.05) is 47.4 Å². The van der Waals surface area contributed by atoms with E-state index >= 15 is 0 Å². The number of fused-ring (bicyclic) bond motifs is 8. The van der Waals surface area contributed by atoms with Crippen molar-refractivity contribution in [3.05, 3.63) is 93.5 Å². The molecule has 0 fully saturated rings. The lowest BCUT2D eigenvalue weighted by Gasteiger charge is -2.37. The third-order valence-electron chi connectivity index (χ3n) is 7.87. The molecule has 208 valence electrons. The number of ketones is 2. The van der Waals surface area contributed by atoms with E-state index in [2.05, 4.69) is 0 Å². The van der Waals surface area contributed by atoms with E-state index in [1.165, 1.54) is 13.0 Å². The minimum atomic E-state index is -1.33. The molecule has 2 aliphatic rings. The molecular formula is C33H27ClO7. The van der Waals surface area contributed by atoms with Gasteiger partial charge in [-0.05, 0) is 67.5 Å². The Kier molecular flexibility index (Phi) is 6.70. The summed E-state index contributed by atoms with van der Waals surface area (Å²) in [5.74, 6) is 0.288. The topological polar surface area (TPSA) is 110 Å². The van der Waals surface area contributed by atoms with E-state index < -0.39 is 11.6 Å². The van der Waals surface area contributed by atoms with Crippen LogP contribution in [0.2, 0.25) is 5.02 Å². The number of aryl methyl sites for hydroxylation is 1. The summed E-state index contributed by atoms with van der Waals surface area (Å²) >= 11 is 6.28. The van der Waals surface area contributed by atoms with Gasteiger partial charge in [0.25, 0.3) is 0 Å². The lowest BCUT2D eigenvalue weighted by molar-refractivity contribution is -0.123. The highest BCUT2D eigenvalue weighted by Crippen LogP contribution is 2.58. The van der Waals surface area contributed by atoms with Crippen molar-refractivity contribution in [2.24, 2.45) is 0 Å². The van der Waals surface area contributed by atoms with Gasteiger partial charge < -0.3 is 24.5 Å². The van der Waals surface area contributed by atoms with Crippen LogP contribution in [0.25, 0.3) is 10.8 Å². The fourth-order valence-corrected chi connectivity index (χ4v) is 5.98. The second-order valence-corrected chi connectivity index (χ2v) is 11.0. The summed E-state index contributed by atoms with van der Waals surface area (Å²) in [4.78, 5) is 36.5. The van der Waals surface area contributed by atoms with Crippen molar-refractivity contribution in [3.8, 4) is 23.0 Å². The number of aromatic hydroxyl groups is 2. The first-order valence-electron chi connectivity index (χ1n) is 13.5. The Morgan fingerprint density at radius 2 is 1.68 bits per heavy atom. The summed E-state index contributed by atoms with van der Waals surface area (Å²) < 4.78 is 12.7. The maximum atomic E-state index is 13.2. The van der Waals surface area contributed by atoms with Crippen LogP contribution in [0, 0.1) is 0 Å². The Labute approximate surface area is 241 Å². The quantitative estimate of drug-likeness (QED) is 0.171. The van der Waals surface area contributed by atoms with Crippen LogP contribution in [0.4, 0.5) is 0 Å². The fourth-order valence-electron chi connectivity index (χ4n) is 5.82. The van der Waals surface area contributed by atoms with E-state index in [0.29, 0.717) is 75.8 Å². The molecule has 8 heteroatoms. The SMILES string of the molecule is CC(=O)CCC(=O)CCCCc1cc2c(cc1O)Oc1c(ccc3cc(O)c(Cl)cc13)C21OC(=O)c2ccccc21. The van der Waals surface area contributed by atoms with Gasteiger partial charge in [-0.15, -0.1) is 0 Å². The standard InChI is InChI=1S/C33H27ClO7/c1-18(35)10-12-21(36)7-3-2-6-20-14-26-30(17-28(20)37)40-31-23-16-27(34)29(38)15-19(23)11-13-25(31)33(26)24-9-5-4-8-22(24)32(39)41-33/h4-5,8-9,11,13-17,37-38H,2-3,6-7,10,12H2,1H3. The van der Waals surface area contributed by atoms with Gasteiger partial charge in [0.15, 0.2) is 5.60 Å². The summed E-state index contributed by atoms with van der Waals surface area (Å²) in [6.07, 6.45) is 2.64. The van der Waals surface area contributed by atoms with Crippen LogP contribution in [-0.4, -0.2) is 27.7 Å². The molecule has 0 amide bonds. The highest BCUT2D eigenvalue weighted by Gasteiger charge is 2.54. The lowest BCUT2D eigenvalue weighted by atomic mass is 9.76. The van der Waals surface area contributed by atoms with Crippen LogP contribution in [0.3, 0.4) is 0 Å². The number of halogens is 1. The van der Waals surface area contributed by atoms with Gasteiger partial charge in [-0.1, -0.05) is 35.9 Å². The molecule has 0 radical (unpaired) electrons. The molecule has 1 spiro atoms. The van der Waals surface area contributed by atoms with Crippen molar-refractivity contribution < 1.29 is 34.1 Å². The second kappa shape index (κ2) is 10.2. The second-order valence-electron chi connectivity index (χ2n) is 10.6. The predicted octanol–water partition coefficient (Wildman–Crippen LogP) is 7.12. The number of hydrogen-bond donors (Lipinski definition) is 2. The molecule has 0 saturated heterocycles. The fraction of sp³-hybridized carbons (Fsp3) is 0.242. The number of carbonyl (C=O) groups is 3. The number of hydrogen-bond acceptors (Lipinski definition) is 7. The molecule has 0 aromatic heterocycles. The van der Waals surface area contributed by atoms with Crippen molar-refractivity contribution >= 4 is 39.9 Å². The molecule has 1 atom stereocenters. The van der Waals surface area contributed by atoms with Crippen LogP contribution in [0.5, 0.6) is 23.0 Å². The molecule has 0 saturated carbocycles. The number of phenolic OH excluding ortho intramolecular Hbond substituents is 2. The lowest BCUT2D eigenvalue weighted by Crippen LogP contribution is -2.33. The third kappa shape index (κ3) is 4.50. The maximum Gasteiger partial charge on any atom is 0.340 e. The average molecular weight is 571 g/mol. The number of benzene rings is 4. The monoisotopic (exact) mass is 570 g/mol. The first-order chi connectivity index (χ1) is 19.7. The average Bonchev–Trinajstić information content (AvgIpc) is 3.24. The van der Waals surface area contributed by atoms with Crippen molar-refractivity contribution in [2.45, 2.75) is 51.0 Å². The van der Waals surface area contributed by atoms with E-state index in [-0.39, 0.29) is 40.9 Å². The third-order valence-corrected chi connectivity index (χ3v) is 8.17.